The number of H-pyrrole nitrogens is 1. The summed E-state index contributed by atoms with van der Waals surface area (Å²) in [6, 6.07) is 6.04. The molecule has 0 radical (unpaired) electrons. The van der Waals surface area contributed by atoms with Crippen molar-refractivity contribution in [2.75, 3.05) is 17.7 Å². The molecular weight excluding hydrogens is 247 g/mol. The summed E-state index contributed by atoms with van der Waals surface area (Å²) in [4.78, 5) is 17.1. The minimum Gasteiger partial charge on any atom is -0.382 e. The molecule has 3 aromatic rings. The molecule has 3 rings (SSSR count). The molecule has 7 heteroatoms. The second-order valence-electron chi connectivity index (χ2n) is 4.05. The van der Waals surface area contributed by atoms with Gasteiger partial charge in [0.15, 0.2) is 11.5 Å². The summed E-state index contributed by atoms with van der Waals surface area (Å²) >= 11 is 0. The largest absolute Gasteiger partial charge is 0.382 e. The maximum Gasteiger partial charge on any atom is 0.233 e. The number of aromatic amines is 1. The van der Waals surface area contributed by atoms with Gasteiger partial charge in [-0.05, 0) is 24.3 Å². The molecular formula is C12H11FN6. The van der Waals surface area contributed by atoms with Crippen molar-refractivity contribution >= 4 is 28.6 Å². The van der Waals surface area contributed by atoms with Gasteiger partial charge in [-0.15, -0.1) is 0 Å². The van der Waals surface area contributed by atoms with Crippen molar-refractivity contribution < 1.29 is 4.39 Å². The zero-order valence-corrected chi connectivity index (χ0v) is 10.1. The molecule has 2 heterocycles. The number of benzene rings is 1. The maximum absolute atomic E-state index is 12.9. The van der Waals surface area contributed by atoms with Gasteiger partial charge in [0.1, 0.15) is 11.3 Å². The number of nitrogens with two attached hydrogens (primary N) is 1. The predicted octanol–water partition coefficient (Wildman–Crippen LogP) is 1.84. The van der Waals surface area contributed by atoms with E-state index in [1.807, 2.05) is 0 Å². The summed E-state index contributed by atoms with van der Waals surface area (Å²) < 4.78 is 12.9. The van der Waals surface area contributed by atoms with Crippen LogP contribution in [0.4, 0.5) is 21.8 Å². The summed E-state index contributed by atoms with van der Waals surface area (Å²) in [5, 5.41) is 0. The number of rotatable bonds is 2. The number of nitrogens with zero attached hydrogens (tertiary/aromatic N) is 4. The van der Waals surface area contributed by atoms with Crippen molar-refractivity contribution in [3.63, 3.8) is 0 Å². The predicted molar refractivity (Wildman–Crippen MR) is 70.6 cm³/mol. The van der Waals surface area contributed by atoms with Gasteiger partial charge in [-0.25, -0.2) is 9.37 Å². The number of aromatic nitrogens is 4. The molecule has 2 aromatic heterocycles. The molecule has 0 spiro atoms. The quantitative estimate of drug-likeness (QED) is 0.732. The van der Waals surface area contributed by atoms with Crippen molar-refractivity contribution in [2.24, 2.45) is 0 Å². The van der Waals surface area contributed by atoms with Crippen LogP contribution >= 0.6 is 0 Å². The molecule has 0 aliphatic carbocycles. The van der Waals surface area contributed by atoms with Gasteiger partial charge >= 0.3 is 0 Å². The van der Waals surface area contributed by atoms with E-state index >= 15 is 0 Å². The van der Waals surface area contributed by atoms with E-state index in [0.29, 0.717) is 22.9 Å². The van der Waals surface area contributed by atoms with E-state index in [2.05, 4.69) is 19.9 Å². The SMILES string of the molecule is CN(c1ccc(F)cc1)c1nc(N)c2[nH]cnc2n1. The van der Waals surface area contributed by atoms with Gasteiger partial charge in [-0.1, -0.05) is 0 Å². The number of halogens is 1. The molecule has 0 saturated carbocycles. The lowest BCUT2D eigenvalue weighted by Crippen LogP contribution is -2.14. The molecule has 0 fully saturated rings. The van der Waals surface area contributed by atoms with Crippen LogP contribution in [0.3, 0.4) is 0 Å². The molecule has 0 aliphatic heterocycles. The summed E-state index contributed by atoms with van der Waals surface area (Å²) in [6.45, 7) is 0. The Morgan fingerprint density at radius 2 is 1.95 bits per heavy atom. The fourth-order valence-electron chi connectivity index (χ4n) is 1.77. The van der Waals surface area contributed by atoms with Gasteiger partial charge in [-0.3, -0.25) is 0 Å². The highest BCUT2D eigenvalue weighted by molar-refractivity contribution is 5.82. The first-order valence-corrected chi connectivity index (χ1v) is 5.61. The first kappa shape index (κ1) is 11.4. The monoisotopic (exact) mass is 258 g/mol. The smallest absolute Gasteiger partial charge is 0.233 e. The summed E-state index contributed by atoms with van der Waals surface area (Å²) in [5.41, 5.74) is 7.70. The van der Waals surface area contributed by atoms with Gasteiger partial charge < -0.3 is 15.6 Å². The average molecular weight is 258 g/mol. The summed E-state index contributed by atoms with van der Waals surface area (Å²) in [6.07, 6.45) is 1.51. The number of fused-ring (bicyclic) bond motifs is 1. The van der Waals surface area contributed by atoms with E-state index < -0.39 is 0 Å². The number of hydrogen-bond donors (Lipinski definition) is 2. The first-order valence-electron chi connectivity index (χ1n) is 5.61. The van der Waals surface area contributed by atoms with Gasteiger partial charge in [0, 0.05) is 12.7 Å². The Balaban J connectivity index is 2.05. The molecule has 19 heavy (non-hydrogen) atoms. The molecule has 0 atom stereocenters. The molecule has 0 bridgehead atoms. The van der Waals surface area contributed by atoms with Crippen LogP contribution in [0.25, 0.3) is 11.2 Å². The van der Waals surface area contributed by atoms with Crippen molar-refractivity contribution in [3.05, 3.63) is 36.4 Å². The third kappa shape index (κ3) is 1.95. The van der Waals surface area contributed by atoms with Crippen LogP contribution in [-0.4, -0.2) is 27.0 Å². The molecule has 1 aromatic carbocycles. The zero-order valence-electron chi connectivity index (χ0n) is 10.1. The Morgan fingerprint density at radius 3 is 2.68 bits per heavy atom. The van der Waals surface area contributed by atoms with Crippen molar-refractivity contribution in [1.29, 1.82) is 0 Å². The van der Waals surface area contributed by atoms with Gasteiger partial charge in [0.25, 0.3) is 0 Å². The summed E-state index contributed by atoms with van der Waals surface area (Å²) in [5.74, 6) is 0.440. The van der Waals surface area contributed by atoms with E-state index in [1.165, 1.54) is 18.5 Å². The molecule has 0 aliphatic rings. The molecule has 0 amide bonds. The maximum atomic E-state index is 12.9. The van der Waals surface area contributed by atoms with E-state index in [0.717, 1.165) is 5.69 Å². The number of nitrogens with one attached hydrogen (secondary N) is 1. The normalized spacial score (nSPS) is 10.8. The second kappa shape index (κ2) is 4.20. The third-order valence-corrected chi connectivity index (χ3v) is 2.82. The van der Waals surface area contributed by atoms with Crippen LogP contribution in [0, 0.1) is 5.82 Å². The number of nitrogen functional groups attached to an aromatic ring is 1. The van der Waals surface area contributed by atoms with Crippen molar-refractivity contribution in [3.8, 4) is 0 Å². The van der Waals surface area contributed by atoms with Crippen LogP contribution in [0.1, 0.15) is 0 Å². The fraction of sp³-hybridized carbons (Fsp3) is 0.0833. The lowest BCUT2D eigenvalue weighted by Gasteiger charge is -2.17. The Kier molecular flexibility index (Phi) is 2.52. The van der Waals surface area contributed by atoms with Crippen molar-refractivity contribution in [2.45, 2.75) is 0 Å². The molecule has 3 N–H and O–H groups in total. The van der Waals surface area contributed by atoms with Crippen LogP contribution < -0.4 is 10.6 Å². The third-order valence-electron chi connectivity index (χ3n) is 2.82. The van der Waals surface area contributed by atoms with E-state index in [9.17, 15) is 4.39 Å². The first-order chi connectivity index (χ1) is 9.15. The molecule has 6 nitrogen and oxygen atoms in total. The Bertz CT molecular complexity index is 721. The minimum atomic E-state index is -0.291. The van der Waals surface area contributed by atoms with Gasteiger partial charge in [0.2, 0.25) is 5.95 Å². The van der Waals surface area contributed by atoms with Gasteiger partial charge in [-0.2, -0.15) is 9.97 Å². The van der Waals surface area contributed by atoms with Crippen LogP contribution in [0.5, 0.6) is 0 Å². The Hall–Kier alpha value is -2.70. The second-order valence-corrected chi connectivity index (χ2v) is 4.05. The highest BCUT2D eigenvalue weighted by Crippen LogP contribution is 2.23. The summed E-state index contributed by atoms with van der Waals surface area (Å²) in [7, 11) is 1.78. The standard InChI is InChI=1S/C12H11FN6/c1-19(8-4-2-7(13)3-5-8)12-17-10(14)9-11(18-12)16-6-15-9/h2-6H,1H3,(H3,14,15,16,17,18). The van der Waals surface area contributed by atoms with Crippen LogP contribution in [0.15, 0.2) is 30.6 Å². The molecule has 0 saturated heterocycles. The van der Waals surface area contributed by atoms with E-state index in [4.69, 9.17) is 5.73 Å². The van der Waals surface area contributed by atoms with Crippen molar-refractivity contribution in [1.82, 2.24) is 19.9 Å². The number of anilines is 3. The average Bonchev–Trinajstić information content (AvgIpc) is 2.87. The molecule has 96 valence electrons. The highest BCUT2D eigenvalue weighted by atomic mass is 19.1. The van der Waals surface area contributed by atoms with Crippen LogP contribution in [-0.2, 0) is 0 Å². The highest BCUT2D eigenvalue weighted by Gasteiger charge is 2.12. The minimum absolute atomic E-state index is 0.291. The van der Waals surface area contributed by atoms with E-state index in [-0.39, 0.29) is 5.82 Å². The zero-order chi connectivity index (χ0) is 13.4. The lowest BCUT2D eigenvalue weighted by atomic mass is 10.3. The topological polar surface area (TPSA) is 83.7 Å². The number of hydrogen-bond acceptors (Lipinski definition) is 5. The number of imidazole rings is 1. The fourth-order valence-corrected chi connectivity index (χ4v) is 1.77. The Morgan fingerprint density at radius 1 is 1.21 bits per heavy atom. The van der Waals surface area contributed by atoms with Gasteiger partial charge in [0.05, 0.1) is 6.33 Å². The van der Waals surface area contributed by atoms with Crippen LogP contribution in [0.2, 0.25) is 0 Å². The molecule has 0 unspecified atom stereocenters. The Labute approximate surface area is 108 Å². The van der Waals surface area contributed by atoms with E-state index in [1.54, 1.807) is 24.1 Å². The lowest BCUT2D eigenvalue weighted by molar-refractivity contribution is 0.628.